The summed E-state index contributed by atoms with van der Waals surface area (Å²) >= 11 is 0. The molecule has 37 heavy (non-hydrogen) atoms. The minimum Gasteiger partial charge on any atom is -0.462 e. The fraction of sp³-hybridized carbons (Fsp3) is 0.548. The summed E-state index contributed by atoms with van der Waals surface area (Å²) in [5, 5.41) is 3.02. The van der Waals surface area contributed by atoms with E-state index in [0.717, 1.165) is 43.2 Å². The van der Waals surface area contributed by atoms with Crippen LogP contribution in [0, 0.1) is 41.3 Å². The molecule has 1 N–H and O–H groups in total. The van der Waals surface area contributed by atoms with Crippen LogP contribution in [-0.4, -0.2) is 30.8 Å². The SMILES string of the molecule is CCOC(=O)N[C@@H]1CC[C@@H]2[C@@H](C1)C[C@H]1C(=O)O[C@H](C)[C@@H]1[C@H]2/C=C/C1=CC=C(c2cccc(F)c2)C(C)C1. The van der Waals surface area contributed by atoms with E-state index < -0.39 is 0 Å². The van der Waals surface area contributed by atoms with Gasteiger partial charge in [-0.1, -0.05) is 43.4 Å². The molecule has 2 saturated carbocycles. The molecule has 1 unspecified atom stereocenters. The Morgan fingerprint density at radius 1 is 1.22 bits per heavy atom. The number of esters is 1. The molecule has 3 aliphatic carbocycles. The summed E-state index contributed by atoms with van der Waals surface area (Å²) in [5.41, 5.74) is 3.35. The van der Waals surface area contributed by atoms with Crippen LogP contribution in [-0.2, 0) is 14.3 Å². The van der Waals surface area contributed by atoms with Crippen LogP contribution in [0.15, 0.2) is 54.1 Å². The van der Waals surface area contributed by atoms with E-state index in [0.29, 0.717) is 18.4 Å². The maximum atomic E-state index is 13.8. The number of allylic oxidation sites excluding steroid dienone is 6. The van der Waals surface area contributed by atoms with Crippen LogP contribution in [0.1, 0.15) is 58.4 Å². The van der Waals surface area contributed by atoms with Crippen molar-refractivity contribution in [2.45, 2.75) is 65.0 Å². The van der Waals surface area contributed by atoms with E-state index >= 15 is 0 Å². The second kappa shape index (κ2) is 10.8. The number of amides is 1. The number of ether oxygens (including phenoxy) is 2. The van der Waals surface area contributed by atoms with Crippen molar-refractivity contribution >= 4 is 17.6 Å². The van der Waals surface area contributed by atoms with Gasteiger partial charge in [0, 0.05) is 12.0 Å². The molecule has 0 spiro atoms. The molecule has 6 heteroatoms. The fourth-order valence-corrected chi connectivity index (χ4v) is 7.39. The molecule has 1 saturated heterocycles. The lowest BCUT2D eigenvalue weighted by molar-refractivity contribution is -0.144. The second-order valence-corrected chi connectivity index (χ2v) is 11.3. The lowest BCUT2D eigenvalue weighted by Gasteiger charge is -2.47. The van der Waals surface area contributed by atoms with Gasteiger partial charge < -0.3 is 14.8 Å². The Balaban J connectivity index is 1.35. The standard InChI is InChI=1S/C31H38FNO4/c1-4-36-31(35)33-24-10-13-26-22(16-24)17-28-29(19(3)37-30(28)34)27(26)12-9-20-8-11-25(18(2)14-20)21-6-5-7-23(32)15-21/h5-9,11-12,15,18-19,22,24,26-29H,4,10,13-14,16-17H2,1-3H3,(H,33,35)/b12-9+/t18?,19-,22+,24-,26-,27+,28-,29-/m1/s1. The van der Waals surface area contributed by atoms with E-state index in [1.54, 1.807) is 12.1 Å². The maximum Gasteiger partial charge on any atom is 0.407 e. The van der Waals surface area contributed by atoms with Crippen molar-refractivity contribution in [2.24, 2.45) is 35.5 Å². The number of halogens is 1. The van der Waals surface area contributed by atoms with Gasteiger partial charge in [-0.25, -0.2) is 9.18 Å². The second-order valence-electron chi connectivity index (χ2n) is 11.3. The third kappa shape index (κ3) is 5.39. The van der Waals surface area contributed by atoms with Gasteiger partial charge in [0.2, 0.25) is 0 Å². The van der Waals surface area contributed by atoms with Gasteiger partial charge >= 0.3 is 12.1 Å². The van der Waals surface area contributed by atoms with Gasteiger partial charge in [-0.05, 0) is 98.5 Å². The first kappa shape index (κ1) is 25.7. The number of cyclic esters (lactones) is 1. The van der Waals surface area contributed by atoms with Gasteiger partial charge in [-0.15, -0.1) is 0 Å². The maximum absolute atomic E-state index is 13.8. The molecule has 8 atom stereocenters. The highest BCUT2D eigenvalue weighted by Gasteiger charge is 2.54. The quantitative estimate of drug-likeness (QED) is 0.465. The summed E-state index contributed by atoms with van der Waals surface area (Å²) in [6.07, 6.45) is 13.0. The number of fused-ring (bicyclic) bond motifs is 2. The molecule has 4 aliphatic rings. The third-order valence-corrected chi connectivity index (χ3v) is 8.99. The van der Waals surface area contributed by atoms with Crippen molar-refractivity contribution in [3.8, 4) is 0 Å². The van der Waals surface area contributed by atoms with Crippen molar-refractivity contribution in [3.63, 3.8) is 0 Å². The van der Waals surface area contributed by atoms with Gasteiger partial charge in [0.15, 0.2) is 0 Å². The van der Waals surface area contributed by atoms with E-state index in [2.05, 4.69) is 36.5 Å². The van der Waals surface area contributed by atoms with Crippen molar-refractivity contribution in [3.05, 3.63) is 65.5 Å². The number of carbonyl (C=O) groups is 2. The summed E-state index contributed by atoms with van der Waals surface area (Å²) in [6.45, 7) is 6.39. The molecule has 1 aromatic carbocycles. The number of carbonyl (C=O) groups excluding carboxylic acids is 2. The first-order chi connectivity index (χ1) is 17.8. The highest BCUT2D eigenvalue weighted by Crippen LogP contribution is 2.53. The molecular weight excluding hydrogens is 469 g/mol. The zero-order valence-corrected chi connectivity index (χ0v) is 22.0. The van der Waals surface area contributed by atoms with E-state index in [1.165, 1.54) is 11.6 Å². The topological polar surface area (TPSA) is 64.6 Å². The summed E-state index contributed by atoms with van der Waals surface area (Å²) in [4.78, 5) is 24.7. The zero-order valence-electron chi connectivity index (χ0n) is 22.0. The molecule has 5 nitrogen and oxygen atoms in total. The molecule has 0 bridgehead atoms. The average molecular weight is 508 g/mol. The van der Waals surface area contributed by atoms with Crippen LogP contribution in [0.4, 0.5) is 9.18 Å². The molecule has 0 aromatic heterocycles. The summed E-state index contributed by atoms with van der Waals surface area (Å²) in [6, 6.07) is 6.89. The Morgan fingerprint density at radius 2 is 2.05 bits per heavy atom. The normalized spacial score (nSPS) is 35.2. The van der Waals surface area contributed by atoms with E-state index in [-0.39, 0.29) is 53.7 Å². The number of nitrogens with one attached hydrogen (secondary N) is 1. The van der Waals surface area contributed by atoms with E-state index in [9.17, 15) is 14.0 Å². The number of hydrogen-bond acceptors (Lipinski definition) is 4. The highest BCUT2D eigenvalue weighted by molar-refractivity contribution is 5.75. The largest absolute Gasteiger partial charge is 0.462 e. The van der Waals surface area contributed by atoms with Crippen molar-refractivity contribution in [1.82, 2.24) is 5.32 Å². The molecule has 1 aliphatic heterocycles. The highest BCUT2D eigenvalue weighted by atomic mass is 19.1. The van der Waals surface area contributed by atoms with Gasteiger partial charge in [-0.3, -0.25) is 4.79 Å². The van der Waals surface area contributed by atoms with Crippen LogP contribution < -0.4 is 5.32 Å². The molecule has 5 rings (SSSR count). The van der Waals surface area contributed by atoms with Gasteiger partial charge in [0.25, 0.3) is 0 Å². The van der Waals surface area contributed by atoms with Crippen LogP contribution in [0.25, 0.3) is 5.57 Å². The predicted molar refractivity (Wildman–Crippen MR) is 141 cm³/mol. The first-order valence-corrected chi connectivity index (χ1v) is 13.8. The van der Waals surface area contributed by atoms with Crippen molar-refractivity contribution < 1.29 is 23.5 Å². The average Bonchev–Trinajstić information content (AvgIpc) is 3.14. The molecule has 0 radical (unpaired) electrons. The monoisotopic (exact) mass is 507 g/mol. The predicted octanol–water partition coefficient (Wildman–Crippen LogP) is 6.46. The van der Waals surface area contributed by atoms with E-state index in [4.69, 9.17) is 9.47 Å². The minimum absolute atomic E-state index is 0.0667. The number of alkyl carbamates (subject to hydrolysis) is 1. The third-order valence-electron chi connectivity index (χ3n) is 8.99. The number of hydrogen-bond donors (Lipinski definition) is 1. The molecule has 1 amide bonds. The Hall–Kier alpha value is -2.89. The van der Waals surface area contributed by atoms with Crippen LogP contribution >= 0.6 is 0 Å². The minimum atomic E-state index is -0.353. The summed E-state index contributed by atoms with van der Waals surface area (Å²) < 4.78 is 24.6. The Bertz CT molecular complexity index is 1120. The smallest absolute Gasteiger partial charge is 0.407 e. The Morgan fingerprint density at radius 3 is 2.81 bits per heavy atom. The summed E-state index contributed by atoms with van der Waals surface area (Å²) in [7, 11) is 0. The molecular formula is C31H38FNO4. The fourth-order valence-electron chi connectivity index (χ4n) is 7.39. The molecule has 198 valence electrons. The first-order valence-electron chi connectivity index (χ1n) is 13.8. The number of benzene rings is 1. The van der Waals surface area contributed by atoms with Crippen LogP contribution in [0.3, 0.4) is 0 Å². The van der Waals surface area contributed by atoms with Crippen LogP contribution in [0.5, 0.6) is 0 Å². The van der Waals surface area contributed by atoms with Crippen molar-refractivity contribution in [2.75, 3.05) is 6.61 Å². The molecule has 3 fully saturated rings. The zero-order chi connectivity index (χ0) is 26.1. The van der Waals surface area contributed by atoms with Crippen LogP contribution in [0.2, 0.25) is 0 Å². The number of rotatable bonds is 5. The molecule has 1 heterocycles. The Kier molecular flexibility index (Phi) is 7.55. The molecule has 1 aromatic rings. The lowest BCUT2D eigenvalue weighted by atomic mass is 9.57. The van der Waals surface area contributed by atoms with Gasteiger partial charge in [-0.2, -0.15) is 0 Å². The summed E-state index contributed by atoms with van der Waals surface area (Å²) in [5.74, 6) is 1.23. The lowest BCUT2D eigenvalue weighted by Crippen LogP contribution is -2.48. The van der Waals surface area contributed by atoms with Gasteiger partial charge in [0.05, 0.1) is 12.5 Å². The van der Waals surface area contributed by atoms with Crippen molar-refractivity contribution in [1.29, 1.82) is 0 Å². The van der Waals surface area contributed by atoms with E-state index in [1.807, 2.05) is 19.9 Å². The Labute approximate surface area is 219 Å². The van der Waals surface area contributed by atoms with Gasteiger partial charge in [0.1, 0.15) is 11.9 Å².